The highest BCUT2D eigenvalue weighted by Gasteiger charge is 2.16. The topological polar surface area (TPSA) is 26.0 Å². The molecular formula is C19H9ClNOS+. The molecule has 0 aliphatic heterocycles. The number of hydrogen-bond acceptors (Lipinski definition) is 3. The molecule has 2 nitrogen and oxygen atoms in total. The van der Waals surface area contributed by atoms with Crippen LogP contribution in [0.5, 0.6) is 0 Å². The fourth-order valence-electron chi connectivity index (χ4n) is 2.82. The number of rotatable bonds is 1. The Kier molecular flexibility index (Phi) is 2.70. The number of thiophene rings is 1. The molecule has 4 heteroatoms. The van der Waals surface area contributed by atoms with Gasteiger partial charge in [-0.2, -0.15) is 0 Å². The maximum atomic E-state index is 6.14. The molecule has 0 bridgehead atoms. The predicted molar refractivity (Wildman–Crippen MR) is 96.8 cm³/mol. The summed E-state index contributed by atoms with van der Waals surface area (Å²) in [5.74, 6) is 0.633. The molecule has 4 aromatic rings. The van der Waals surface area contributed by atoms with Crippen molar-refractivity contribution in [3.05, 3.63) is 71.6 Å². The van der Waals surface area contributed by atoms with E-state index in [4.69, 9.17) is 16.0 Å². The molecule has 2 aromatic heterocycles. The third-order valence-electron chi connectivity index (χ3n) is 3.91. The lowest BCUT2D eigenvalue weighted by molar-refractivity contribution is 0.586. The van der Waals surface area contributed by atoms with Gasteiger partial charge in [0, 0.05) is 31.3 Å². The number of oxazole rings is 1. The van der Waals surface area contributed by atoms with Gasteiger partial charge in [-0.05, 0) is 30.3 Å². The van der Waals surface area contributed by atoms with E-state index >= 15 is 0 Å². The van der Waals surface area contributed by atoms with Crippen LogP contribution in [0.15, 0.2) is 59.1 Å². The highest BCUT2D eigenvalue weighted by Crippen LogP contribution is 2.38. The van der Waals surface area contributed by atoms with Crippen molar-refractivity contribution in [3.8, 4) is 0 Å². The number of benzene rings is 2. The molecule has 2 aromatic carbocycles. The fourth-order valence-corrected chi connectivity index (χ4v) is 4.10. The van der Waals surface area contributed by atoms with E-state index in [1.807, 2.05) is 36.4 Å². The second-order valence-corrected chi connectivity index (χ2v) is 6.89. The minimum atomic E-state index is 0.633. The van der Waals surface area contributed by atoms with Gasteiger partial charge >= 0.3 is 0 Å². The van der Waals surface area contributed by atoms with Crippen molar-refractivity contribution >= 4 is 59.8 Å². The van der Waals surface area contributed by atoms with Gasteiger partial charge in [-0.3, -0.25) is 0 Å². The van der Waals surface area contributed by atoms with Crippen LogP contribution in [0.25, 0.3) is 36.8 Å². The lowest BCUT2D eigenvalue weighted by Crippen LogP contribution is -1.81. The van der Waals surface area contributed by atoms with Gasteiger partial charge in [0.15, 0.2) is 5.58 Å². The Morgan fingerprint density at radius 2 is 2.00 bits per heavy atom. The SMILES string of the molecule is Clc1ccc2sc3cc4nc(C5=CC=[C+]C=C5)oc4cc3c2c1. The molecule has 0 amide bonds. The zero-order valence-corrected chi connectivity index (χ0v) is 13.4. The molecule has 108 valence electrons. The first-order valence-corrected chi connectivity index (χ1v) is 8.36. The number of aromatic nitrogens is 1. The molecule has 23 heavy (non-hydrogen) atoms. The van der Waals surface area contributed by atoms with Crippen LogP contribution in [-0.2, 0) is 0 Å². The van der Waals surface area contributed by atoms with Gasteiger partial charge < -0.3 is 4.42 Å². The van der Waals surface area contributed by atoms with Crippen LogP contribution >= 0.6 is 22.9 Å². The Morgan fingerprint density at radius 3 is 2.87 bits per heavy atom. The first-order chi connectivity index (χ1) is 11.3. The highest BCUT2D eigenvalue weighted by atomic mass is 35.5. The van der Waals surface area contributed by atoms with Crippen molar-refractivity contribution in [2.75, 3.05) is 0 Å². The second kappa shape index (κ2) is 4.77. The molecule has 1 aliphatic rings. The van der Waals surface area contributed by atoms with Crippen molar-refractivity contribution in [3.63, 3.8) is 0 Å². The normalized spacial score (nSPS) is 13.9. The van der Waals surface area contributed by atoms with Gasteiger partial charge in [0.05, 0.1) is 12.2 Å². The van der Waals surface area contributed by atoms with Gasteiger partial charge in [-0.25, -0.2) is 4.98 Å². The molecule has 0 spiro atoms. The molecule has 2 heterocycles. The summed E-state index contributed by atoms with van der Waals surface area (Å²) in [4.78, 5) is 4.62. The molecule has 0 saturated carbocycles. The molecule has 0 unspecified atom stereocenters. The minimum Gasteiger partial charge on any atom is -0.434 e. The van der Waals surface area contributed by atoms with Crippen LogP contribution in [-0.4, -0.2) is 4.98 Å². The number of halogens is 1. The Morgan fingerprint density at radius 1 is 1.09 bits per heavy atom. The summed E-state index contributed by atoms with van der Waals surface area (Å²) in [5, 5.41) is 3.06. The van der Waals surface area contributed by atoms with Gasteiger partial charge in [0.1, 0.15) is 23.2 Å². The summed E-state index contributed by atoms with van der Waals surface area (Å²) in [5.41, 5.74) is 2.62. The van der Waals surface area contributed by atoms with Crippen LogP contribution in [0.3, 0.4) is 0 Å². The van der Waals surface area contributed by atoms with Crippen molar-refractivity contribution in [1.82, 2.24) is 4.98 Å². The summed E-state index contributed by atoms with van der Waals surface area (Å²) in [6.45, 7) is 0. The summed E-state index contributed by atoms with van der Waals surface area (Å²) >= 11 is 7.89. The van der Waals surface area contributed by atoms with Crippen molar-refractivity contribution in [1.29, 1.82) is 0 Å². The van der Waals surface area contributed by atoms with Gasteiger partial charge in [0.2, 0.25) is 0 Å². The second-order valence-electron chi connectivity index (χ2n) is 5.37. The molecule has 0 saturated heterocycles. The monoisotopic (exact) mass is 334 g/mol. The summed E-state index contributed by atoms with van der Waals surface area (Å²) in [7, 11) is 0. The van der Waals surface area contributed by atoms with Gasteiger partial charge in [-0.15, -0.1) is 11.3 Å². The van der Waals surface area contributed by atoms with Crippen LogP contribution in [0.4, 0.5) is 0 Å². The summed E-state index contributed by atoms with van der Waals surface area (Å²) < 4.78 is 8.37. The molecule has 0 fully saturated rings. The number of hydrogen-bond donors (Lipinski definition) is 0. The van der Waals surface area contributed by atoms with Crippen LogP contribution in [0.2, 0.25) is 5.02 Å². The van der Waals surface area contributed by atoms with Crippen LogP contribution in [0.1, 0.15) is 5.89 Å². The first-order valence-electron chi connectivity index (χ1n) is 7.17. The standard InChI is InChI=1S/C19H9ClNOS/c20-12-6-7-17-13(8-12)14-9-16-15(10-18(14)23-17)21-19(22-16)11-4-2-1-3-5-11/h2-10H/q+1. The van der Waals surface area contributed by atoms with Crippen molar-refractivity contribution < 1.29 is 4.42 Å². The Hall–Kier alpha value is -2.45. The lowest BCUT2D eigenvalue weighted by Gasteiger charge is -1.92. The van der Waals surface area contributed by atoms with Gasteiger partial charge in [0.25, 0.3) is 5.89 Å². The molecule has 5 rings (SSSR count). The Labute approximate surface area is 141 Å². The number of nitrogens with zero attached hydrogens (tertiary/aromatic N) is 1. The van der Waals surface area contributed by atoms with Crippen LogP contribution in [0, 0.1) is 6.08 Å². The zero-order chi connectivity index (χ0) is 15.4. The third-order valence-corrected chi connectivity index (χ3v) is 5.28. The van der Waals surface area contributed by atoms with E-state index in [0.29, 0.717) is 5.89 Å². The minimum absolute atomic E-state index is 0.633. The summed E-state index contributed by atoms with van der Waals surface area (Å²) in [6.07, 6.45) is 10.6. The van der Waals surface area contributed by atoms with Crippen LogP contribution < -0.4 is 0 Å². The highest BCUT2D eigenvalue weighted by molar-refractivity contribution is 7.25. The van der Waals surface area contributed by atoms with E-state index in [9.17, 15) is 0 Å². The molecule has 1 aliphatic carbocycles. The average Bonchev–Trinajstić information content (AvgIpc) is 3.14. The largest absolute Gasteiger partial charge is 0.434 e. The summed E-state index contributed by atoms with van der Waals surface area (Å²) in [6, 6.07) is 10.1. The quantitative estimate of drug-likeness (QED) is 0.389. The van der Waals surface area contributed by atoms with Crippen molar-refractivity contribution in [2.45, 2.75) is 0 Å². The Balaban J connectivity index is 1.78. The lowest BCUT2D eigenvalue weighted by atomic mass is 10.1. The van der Waals surface area contributed by atoms with E-state index < -0.39 is 0 Å². The average molecular weight is 335 g/mol. The van der Waals surface area contributed by atoms with Gasteiger partial charge in [-0.1, -0.05) is 11.6 Å². The fraction of sp³-hybridized carbons (Fsp3) is 0. The van der Waals surface area contributed by atoms with E-state index in [1.54, 1.807) is 11.3 Å². The zero-order valence-electron chi connectivity index (χ0n) is 11.8. The van der Waals surface area contributed by atoms with Crippen molar-refractivity contribution in [2.24, 2.45) is 0 Å². The number of fused-ring (bicyclic) bond motifs is 4. The molecular weight excluding hydrogens is 326 g/mol. The van der Waals surface area contributed by atoms with E-state index in [2.05, 4.69) is 29.3 Å². The van der Waals surface area contributed by atoms with E-state index in [-0.39, 0.29) is 0 Å². The van der Waals surface area contributed by atoms with E-state index in [1.165, 1.54) is 9.40 Å². The molecule has 0 atom stereocenters. The predicted octanol–water partition coefficient (Wildman–Crippen LogP) is 6.16. The Bertz CT molecular complexity index is 1180. The maximum Gasteiger partial charge on any atom is 0.255 e. The van der Waals surface area contributed by atoms with E-state index in [0.717, 1.165) is 32.5 Å². The first kappa shape index (κ1) is 13.0. The molecule has 0 radical (unpaired) electrons. The third kappa shape index (κ3) is 2.02. The smallest absolute Gasteiger partial charge is 0.255 e. The molecule has 0 N–H and O–H groups in total. The number of allylic oxidation sites excluding steroid dienone is 6. The maximum absolute atomic E-state index is 6.14.